The summed E-state index contributed by atoms with van der Waals surface area (Å²) in [6.07, 6.45) is 7.81. The first-order valence-electron chi connectivity index (χ1n) is 14.2. The quantitative estimate of drug-likeness (QED) is 0.244. The summed E-state index contributed by atoms with van der Waals surface area (Å²) in [7, 11) is -1.87. The van der Waals surface area contributed by atoms with Crippen molar-refractivity contribution in [3.63, 3.8) is 0 Å². The second-order valence-corrected chi connectivity index (χ2v) is 23.7. The highest BCUT2D eigenvalue weighted by Gasteiger charge is 2.68. The molecule has 0 aliphatic heterocycles. The molecule has 1 N–H and O–H groups in total. The number of hydrogen-bond donors (Lipinski definition) is 1. The van der Waals surface area contributed by atoms with Crippen molar-refractivity contribution in [1.82, 2.24) is 0 Å². The van der Waals surface area contributed by atoms with Crippen LogP contribution in [-0.4, -0.2) is 58.7 Å². The Hall–Kier alpha value is -0.546. The van der Waals surface area contributed by atoms with Gasteiger partial charge in [0.1, 0.15) is 24.2 Å². The van der Waals surface area contributed by atoms with E-state index in [0.717, 1.165) is 32.1 Å². The number of aliphatic hydroxyl groups is 1. The lowest BCUT2D eigenvalue weighted by Gasteiger charge is -2.61. The number of hydrogen-bond acceptors (Lipinski definition) is 6. The highest BCUT2D eigenvalue weighted by Crippen LogP contribution is 2.67. The smallest absolute Gasteiger partial charge is 0.184 e. The van der Waals surface area contributed by atoms with Crippen LogP contribution in [0.25, 0.3) is 0 Å². The minimum Gasteiger partial charge on any atom is -0.415 e. The number of fused-ring (bicyclic) bond motifs is 5. The number of ketones is 1. The van der Waals surface area contributed by atoms with Gasteiger partial charge in [-0.15, -0.1) is 0 Å². The third kappa shape index (κ3) is 4.94. The molecule has 0 heterocycles. The third-order valence-electron chi connectivity index (χ3n) is 10.3. The van der Waals surface area contributed by atoms with Gasteiger partial charge in [-0.2, -0.15) is 0 Å². The maximum Gasteiger partial charge on any atom is 0.184 e. The molecule has 0 amide bonds. The van der Waals surface area contributed by atoms with E-state index in [1.807, 2.05) is 0 Å². The van der Waals surface area contributed by atoms with E-state index in [9.17, 15) is 9.90 Å². The lowest BCUT2D eigenvalue weighted by Crippen LogP contribution is -2.62. The van der Waals surface area contributed by atoms with Crippen LogP contribution in [-0.2, 0) is 18.5 Å². The van der Waals surface area contributed by atoms with Gasteiger partial charge in [0.2, 0.25) is 0 Å². The summed E-state index contributed by atoms with van der Waals surface area (Å²) in [5.41, 5.74) is -1.10. The second-order valence-electron chi connectivity index (χ2n) is 14.7. The molecule has 0 bridgehead atoms. The summed E-state index contributed by atoms with van der Waals surface area (Å²) in [6.45, 7) is 18.1. The summed E-state index contributed by atoms with van der Waals surface area (Å²) in [5, 5.41) is 16.5. The fourth-order valence-corrected chi connectivity index (χ4v) is 10.5. The Balaban J connectivity index is 1.59. The number of carbonyl (C=O) groups is 1. The zero-order valence-corrected chi connectivity index (χ0v) is 26.3. The Bertz CT molecular complexity index is 882. The Morgan fingerprint density at radius 3 is 2.33 bits per heavy atom. The second kappa shape index (κ2) is 9.58. The fourth-order valence-electron chi connectivity index (χ4n) is 8.74. The number of Topliss-reactive ketones (excluding diaryl/α,β-unsaturated/α-hetero) is 1. The van der Waals surface area contributed by atoms with E-state index in [-0.39, 0.29) is 17.9 Å². The van der Waals surface area contributed by atoms with E-state index in [2.05, 4.69) is 58.3 Å². The van der Waals surface area contributed by atoms with Crippen LogP contribution in [0, 0.1) is 34.5 Å². The number of carbonyl (C=O) groups excluding carboxylic acids is 1. The molecule has 36 heavy (non-hydrogen) atoms. The average molecular weight is 538 g/mol. The van der Waals surface area contributed by atoms with Crippen molar-refractivity contribution in [1.29, 1.82) is 0 Å². The lowest BCUT2D eigenvalue weighted by molar-refractivity contribution is -0.167. The molecule has 0 saturated heterocycles. The van der Waals surface area contributed by atoms with Crippen molar-refractivity contribution in [2.24, 2.45) is 39.7 Å². The van der Waals surface area contributed by atoms with Crippen LogP contribution >= 0.6 is 0 Å². The minimum atomic E-state index is -1.81. The molecule has 8 atom stereocenters. The van der Waals surface area contributed by atoms with E-state index in [4.69, 9.17) is 13.7 Å². The third-order valence-corrected chi connectivity index (χ3v) is 12.3. The van der Waals surface area contributed by atoms with E-state index < -0.39 is 27.7 Å². The summed E-state index contributed by atoms with van der Waals surface area (Å²) in [6, 6.07) is 0. The van der Waals surface area contributed by atoms with Crippen molar-refractivity contribution in [3.8, 4) is 0 Å². The van der Waals surface area contributed by atoms with E-state index in [1.54, 1.807) is 0 Å². The summed E-state index contributed by atoms with van der Waals surface area (Å²) >= 11 is 0. The van der Waals surface area contributed by atoms with E-state index >= 15 is 0 Å². The largest absolute Gasteiger partial charge is 0.415 e. The van der Waals surface area contributed by atoms with Crippen molar-refractivity contribution in [3.05, 3.63) is 0 Å². The van der Waals surface area contributed by atoms with Gasteiger partial charge < -0.3 is 18.8 Å². The van der Waals surface area contributed by atoms with Crippen LogP contribution in [0.3, 0.4) is 0 Å². The number of nitrogens with zero attached hydrogens (tertiary/aromatic N) is 1. The first kappa shape index (κ1) is 28.5. The normalized spacial score (nSPS) is 43.6. The van der Waals surface area contributed by atoms with Crippen LogP contribution in [0.5, 0.6) is 0 Å². The fraction of sp³-hybridized carbons (Fsp3) is 0.929. The zero-order valence-electron chi connectivity index (χ0n) is 24.3. The molecule has 4 saturated carbocycles. The van der Waals surface area contributed by atoms with Crippen molar-refractivity contribution >= 4 is 28.1 Å². The zero-order chi connectivity index (χ0) is 26.7. The average Bonchev–Trinajstić information content (AvgIpc) is 3.00. The molecule has 4 aliphatic rings. The Morgan fingerprint density at radius 2 is 1.72 bits per heavy atom. The molecule has 4 aliphatic carbocycles. The van der Waals surface area contributed by atoms with Crippen molar-refractivity contribution in [2.45, 2.75) is 116 Å². The SMILES string of the molecule is CO/N=C(/CO[Si](C)(C)C)[C@@]1(O)CC[C@H]2[C@@H]3CC[C@@H]4C[C@H](O[Si](C)(C)C)CC[C@]4(C)[C@H]3C(=O)C[C@@]21C. The molecular formula is C28H51NO5Si2. The van der Waals surface area contributed by atoms with Gasteiger partial charge in [-0.1, -0.05) is 19.0 Å². The highest BCUT2D eigenvalue weighted by atomic mass is 28.4. The van der Waals surface area contributed by atoms with Gasteiger partial charge in [-0.25, -0.2) is 0 Å². The molecule has 0 radical (unpaired) electrons. The highest BCUT2D eigenvalue weighted by molar-refractivity contribution is 6.70. The molecule has 6 nitrogen and oxygen atoms in total. The topological polar surface area (TPSA) is 77.3 Å². The van der Waals surface area contributed by atoms with Gasteiger partial charge in [0.25, 0.3) is 0 Å². The molecule has 0 aromatic rings. The predicted molar refractivity (Wildman–Crippen MR) is 149 cm³/mol. The van der Waals surface area contributed by atoms with Crippen LogP contribution in [0.2, 0.25) is 39.3 Å². The molecule has 0 aromatic heterocycles. The number of rotatable bonds is 7. The van der Waals surface area contributed by atoms with Crippen LogP contribution < -0.4 is 0 Å². The first-order chi connectivity index (χ1) is 16.5. The Morgan fingerprint density at radius 1 is 1.03 bits per heavy atom. The molecule has 0 unspecified atom stereocenters. The van der Waals surface area contributed by atoms with Gasteiger partial charge in [0.15, 0.2) is 16.6 Å². The van der Waals surface area contributed by atoms with Crippen LogP contribution in [0.4, 0.5) is 0 Å². The van der Waals surface area contributed by atoms with Crippen LogP contribution in [0.15, 0.2) is 5.16 Å². The molecule has 0 aromatic carbocycles. The first-order valence-corrected chi connectivity index (χ1v) is 21.0. The van der Waals surface area contributed by atoms with E-state index in [0.29, 0.717) is 48.2 Å². The molecule has 8 heteroatoms. The monoisotopic (exact) mass is 537 g/mol. The van der Waals surface area contributed by atoms with Gasteiger partial charge in [-0.05, 0) is 107 Å². The number of oxime groups is 1. The molecule has 4 fully saturated rings. The molecule has 0 spiro atoms. The summed E-state index contributed by atoms with van der Waals surface area (Å²) < 4.78 is 12.7. The van der Waals surface area contributed by atoms with Gasteiger partial charge in [-0.3, -0.25) is 4.79 Å². The van der Waals surface area contributed by atoms with Gasteiger partial charge >= 0.3 is 0 Å². The van der Waals surface area contributed by atoms with Crippen molar-refractivity contribution < 1.29 is 23.6 Å². The van der Waals surface area contributed by atoms with E-state index in [1.165, 1.54) is 13.5 Å². The van der Waals surface area contributed by atoms with Crippen LogP contribution in [0.1, 0.15) is 65.2 Å². The molecule has 206 valence electrons. The van der Waals surface area contributed by atoms with Gasteiger partial charge in [0.05, 0.1) is 6.61 Å². The summed E-state index contributed by atoms with van der Waals surface area (Å²) in [5.74, 6) is 1.66. The standard InChI is InChI=1S/C28H51NO5Si2/c1-26-14-12-20(34-36(7,8)9)16-19(26)10-11-21-22-13-15-28(31,27(22,2)17-23(30)25(21)26)24(29-32-3)18-33-35(4,5)6/h19-22,25,31H,10-18H2,1-9H3/b29-24-/t19-,20-,21+,22+,25-,26+,27+,28+/m1/s1. The maximum atomic E-state index is 14.1. The maximum absolute atomic E-state index is 14.1. The predicted octanol–water partition coefficient (Wildman–Crippen LogP) is 6.01. The molecule has 4 rings (SSSR count). The van der Waals surface area contributed by atoms with Crippen molar-refractivity contribution in [2.75, 3.05) is 13.7 Å². The minimum absolute atomic E-state index is 0.0474. The summed E-state index contributed by atoms with van der Waals surface area (Å²) in [4.78, 5) is 19.3. The Kier molecular flexibility index (Phi) is 7.57. The van der Waals surface area contributed by atoms with Gasteiger partial charge in [0, 0.05) is 23.9 Å². The lowest BCUT2D eigenvalue weighted by atomic mass is 9.44. The Labute approximate surface area is 221 Å². The molecular weight excluding hydrogens is 486 g/mol.